The molecule has 1 saturated heterocycles. The highest BCUT2D eigenvalue weighted by atomic mass is 35.5. The highest BCUT2D eigenvalue weighted by Crippen LogP contribution is 2.34. The van der Waals surface area contributed by atoms with Crippen molar-refractivity contribution < 1.29 is 9.59 Å². The van der Waals surface area contributed by atoms with E-state index >= 15 is 0 Å². The van der Waals surface area contributed by atoms with Gasteiger partial charge in [-0.1, -0.05) is 23.4 Å². The van der Waals surface area contributed by atoms with Crippen LogP contribution in [0.15, 0.2) is 23.1 Å². The van der Waals surface area contributed by atoms with E-state index in [1.54, 1.807) is 23.1 Å². The molecule has 1 fully saturated rings. The number of carbonyl (C=O) groups excluding carboxylic acids is 2. The maximum absolute atomic E-state index is 12.1. The van der Waals surface area contributed by atoms with Gasteiger partial charge in [0, 0.05) is 30.5 Å². The van der Waals surface area contributed by atoms with Gasteiger partial charge in [-0.05, 0) is 35.9 Å². The zero-order valence-corrected chi connectivity index (χ0v) is 13.7. The van der Waals surface area contributed by atoms with E-state index in [1.165, 1.54) is 18.7 Å². The third-order valence-corrected chi connectivity index (χ3v) is 5.03. The van der Waals surface area contributed by atoms with Crippen molar-refractivity contribution in [2.75, 3.05) is 17.2 Å². The number of nitrogens with zero attached hydrogens (tertiary/aromatic N) is 2. The lowest BCUT2D eigenvalue weighted by Crippen LogP contribution is -2.25. The van der Waals surface area contributed by atoms with Crippen LogP contribution >= 0.6 is 35.1 Å². The summed E-state index contributed by atoms with van der Waals surface area (Å²) in [5, 5.41) is 11.2. The first kappa shape index (κ1) is 16.2. The SMILES string of the molecule is CC(=O)SCC1CC(=O)N(c2ccc(SC#N)cc2Cl)C1. The van der Waals surface area contributed by atoms with Gasteiger partial charge in [0.2, 0.25) is 5.91 Å². The third-order valence-electron chi connectivity index (χ3n) is 3.10. The molecule has 1 amide bonds. The Morgan fingerprint density at radius 3 is 2.95 bits per heavy atom. The van der Waals surface area contributed by atoms with Crippen molar-refractivity contribution in [3.63, 3.8) is 0 Å². The first-order chi connectivity index (χ1) is 10.0. The molecule has 0 saturated carbocycles. The fourth-order valence-corrected chi connectivity index (χ4v) is 3.64. The van der Waals surface area contributed by atoms with Gasteiger partial charge in [0.25, 0.3) is 0 Å². The van der Waals surface area contributed by atoms with Crippen molar-refractivity contribution in [3.8, 4) is 5.40 Å². The van der Waals surface area contributed by atoms with Crippen molar-refractivity contribution >= 4 is 51.8 Å². The van der Waals surface area contributed by atoms with Crippen molar-refractivity contribution in [1.82, 2.24) is 0 Å². The molecule has 1 aliphatic heterocycles. The number of anilines is 1. The molecule has 0 aromatic heterocycles. The molecular formula is C14H13ClN2O2S2. The van der Waals surface area contributed by atoms with Gasteiger partial charge in [-0.3, -0.25) is 9.59 Å². The molecule has 0 N–H and O–H groups in total. The topological polar surface area (TPSA) is 61.2 Å². The molecular weight excluding hydrogens is 328 g/mol. The summed E-state index contributed by atoms with van der Waals surface area (Å²) in [6.45, 7) is 2.10. The third kappa shape index (κ3) is 4.16. The standard InChI is InChI=1S/C14H13ClN2O2S2/c1-9(18)20-7-10-4-14(19)17(6-10)13-3-2-11(21-8-16)5-12(13)15/h2-3,5,10H,4,6-7H2,1H3. The molecule has 0 spiro atoms. The Balaban J connectivity index is 2.10. The summed E-state index contributed by atoms with van der Waals surface area (Å²) in [5.41, 5.74) is 0.666. The smallest absolute Gasteiger partial charge is 0.227 e. The number of amides is 1. The Hall–Kier alpha value is -1.16. The summed E-state index contributed by atoms with van der Waals surface area (Å²) in [4.78, 5) is 25.5. The summed E-state index contributed by atoms with van der Waals surface area (Å²) in [7, 11) is 0. The lowest BCUT2D eigenvalue weighted by Gasteiger charge is -2.18. The van der Waals surface area contributed by atoms with E-state index in [4.69, 9.17) is 16.9 Å². The van der Waals surface area contributed by atoms with Gasteiger partial charge in [-0.15, -0.1) is 0 Å². The Morgan fingerprint density at radius 2 is 2.33 bits per heavy atom. The molecule has 1 atom stereocenters. The van der Waals surface area contributed by atoms with E-state index in [1.807, 2.05) is 5.40 Å². The highest BCUT2D eigenvalue weighted by molar-refractivity contribution is 8.13. The Kier molecular flexibility index (Phi) is 5.57. The van der Waals surface area contributed by atoms with Crippen LogP contribution in [0.5, 0.6) is 0 Å². The number of carbonyl (C=O) groups is 2. The number of halogens is 1. The van der Waals surface area contributed by atoms with Gasteiger partial charge in [0.1, 0.15) is 5.40 Å². The number of thiocyanates is 1. The maximum atomic E-state index is 12.1. The summed E-state index contributed by atoms with van der Waals surface area (Å²) < 4.78 is 0. The molecule has 0 bridgehead atoms. The molecule has 7 heteroatoms. The first-order valence-corrected chi connectivity index (χ1v) is 8.48. The quantitative estimate of drug-likeness (QED) is 0.619. The molecule has 0 aliphatic carbocycles. The lowest BCUT2D eigenvalue weighted by molar-refractivity contribution is -0.117. The van der Waals surface area contributed by atoms with Crippen LogP contribution in [0.2, 0.25) is 5.02 Å². The van der Waals surface area contributed by atoms with Gasteiger partial charge in [0.05, 0.1) is 10.7 Å². The molecule has 21 heavy (non-hydrogen) atoms. The summed E-state index contributed by atoms with van der Waals surface area (Å²) >= 11 is 8.49. The normalized spacial score (nSPS) is 17.9. The number of benzene rings is 1. The number of nitriles is 1. The van der Waals surface area contributed by atoms with Crippen molar-refractivity contribution in [1.29, 1.82) is 5.26 Å². The van der Waals surface area contributed by atoms with E-state index in [0.29, 0.717) is 29.4 Å². The van der Waals surface area contributed by atoms with E-state index < -0.39 is 0 Å². The largest absolute Gasteiger partial charge is 0.311 e. The van der Waals surface area contributed by atoms with Gasteiger partial charge in [0.15, 0.2) is 5.12 Å². The van der Waals surface area contributed by atoms with E-state index in [-0.39, 0.29) is 16.9 Å². The fourth-order valence-electron chi connectivity index (χ4n) is 2.18. The van der Waals surface area contributed by atoms with Crippen LogP contribution in [0, 0.1) is 16.6 Å². The van der Waals surface area contributed by atoms with Crippen LogP contribution in [0.1, 0.15) is 13.3 Å². The average molecular weight is 341 g/mol. The van der Waals surface area contributed by atoms with Crippen LogP contribution in [0.25, 0.3) is 0 Å². The zero-order valence-electron chi connectivity index (χ0n) is 11.3. The van der Waals surface area contributed by atoms with Crippen LogP contribution < -0.4 is 4.90 Å². The second kappa shape index (κ2) is 7.21. The minimum absolute atomic E-state index is 0.0201. The minimum atomic E-state index is 0.0201. The predicted octanol–water partition coefficient (Wildman–Crippen LogP) is 3.55. The summed E-state index contributed by atoms with van der Waals surface area (Å²) in [6, 6.07) is 5.23. The Labute approximate surface area is 136 Å². The van der Waals surface area contributed by atoms with Gasteiger partial charge in [-0.25, -0.2) is 0 Å². The fraction of sp³-hybridized carbons (Fsp3) is 0.357. The zero-order chi connectivity index (χ0) is 15.4. The number of thioether (sulfide) groups is 2. The average Bonchev–Trinajstić information content (AvgIpc) is 2.78. The lowest BCUT2D eigenvalue weighted by atomic mass is 10.1. The van der Waals surface area contributed by atoms with Gasteiger partial charge < -0.3 is 4.90 Å². The molecule has 0 radical (unpaired) electrons. The number of rotatable bonds is 4. The molecule has 4 nitrogen and oxygen atoms in total. The van der Waals surface area contributed by atoms with Crippen molar-refractivity contribution in [3.05, 3.63) is 23.2 Å². The predicted molar refractivity (Wildman–Crippen MR) is 86.5 cm³/mol. The van der Waals surface area contributed by atoms with E-state index in [2.05, 4.69) is 0 Å². The summed E-state index contributed by atoms with van der Waals surface area (Å²) in [5.74, 6) is 0.833. The Bertz CT molecular complexity index is 615. The summed E-state index contributed by atoms with van der Waals surface area (Å²) in [6.07, 6.45) is 0.436. The molecule has 1 aromatic carbocycles. The molecule has 1 heterocycles. The first-order valence-electron chi connectivity index (χ1n) is 6.30. The molecule has 2 rings (SSSR count). The van der Waals surface area contributed by atoms with Crippen molar-refractivity contribution in [2.24, 2.45) is 5.92 Å². The molecule has 1 unspecified atom stereocenters. The van der Waals surface area contributed by atoms with Crippen LogP contribution in [0.4, 0.5) is 5.69 Å². The van der Waals surface area contributed by atoms with Crippen LogP contribution in [0.3, 0.4) is 0 Å². The van der Waals surface area contributed by atoms with Crippen LogP contribution in [-0.4, -0.2) is 23.3 Å². The monoisotopic (exact) mass is 340 g/mol. The van der Waals surface area contributed by atoms with E-state index in [9.17, 15) is 9.59 Å². The minimum Gasteiger partial charge on any atom is -0.311 e. The molecule has 1 aromatic rings. The van der Waals surface area contributed by atoms with E-state index in [0.717, 1.165) is 16.7 Å². The molecule has 1 aliphatic rings. The Morgan fingerprint density at radius 1 is 1.57 bits per heavy atom. The van der Waals surface area contributed by atoms with Gasteiger partial charge >= 0.3 is 0 Å². The van der Waals surface area contributed by atoms with Gasteiger partial charge in [-0.2, -0.15) is 5.26 Å². The molecule has 110 valence electrons. The highest BCUT2D eigenvalue weighted by Gasteiger charge is 2.31. The number of hydrogen-bond donors (Lipinski definition) is 0. The number of hydrogen-bond acceptors (Lipinski definition) is 5. The maximum Gasteiger partial charge on any atom is 0.227 e. The second-order valence-electron chi connectivity index (χ2n) is 4.68. The second-order valence-corrected chi connectivity index (χ2v) is 7.15. The van der Waals surface area contributed by atoms with Crippen LogP contribution in [-0.2, 0) is 9.59 Å². The van der Waals surface area contributed by atoms with Crippen molar-refractivity contribution in [2.45, 2.75) is 18.2 Å².